The van der Waals surface area contributed by atoms with E-state index in [4.69, 9.17) is 4.74 Å². The number of esters is 1. The van der Waals surface area contributed by atoms with Crippen LogP contribution in [0, 0.1) is 5.92 Å². The smallest absolute Gasteiger partial charge is 0.302 e. The van der Waals surface area contributed by atoms with Crippen LogP contribution in [0.2, 0.25) is 0 Å². The molecule has 1 aliphatic carbocycles. The molecule has 0 amide bonds. The van der Waals surface area contributed by atoms with Crippen LogP contribution in [0.25, 0.3) is 6.08 Å². The average molecular weight is 260 g/mol. The largest absolute Gasteiger partial charge is 0.462 e. The Morgan fingerprint density at radius 3 is 2.79 bits per heavy atom. The molecule has 1 fully saturated rings. The highest BCUT2D eigenvalue weighted by atomic mass is 16.5. The number of carbonyl (C=O) groups excluding carboxylic acids is 1. The van der Waals surface area contributed by atoms with E-state index in [-0.39, 0.29) is 18.0 Å². The first-order chi connectivity index (χ1) is 9.16. The summed E-state index contributed by atoms with van der Waals surface area (Å²) in [7, 11) is 0. The Labute approximate surface area is 113 Å². The van der Waals surface area contributed by atoms with Gasteiger partial charge in [-0.25, -0.2) is 0 Å². The molecule has 3 heteroatoms. The Kier molecular flexibility index (Phi) is 4.74. The molecule has 0 unspecified atom stereocenters. The van der Waals surface area contributed by atoms with Crippen molar-refractivity contribution in [2.45, 2.75) is 38.4 Å². The van der Waals surface area contributed by atoms with E-state index >= 15 is 0 Å². The first-order valence-corrected chi connectivity index (χ1v) is 6.75. The van der Waals surface area contributed by atoms with Crippen molar-refractivity contribution in [3.8, 4) is 0 Å². The summed E-state index contributed by atoms with van der Waals surface area (Å²) in [6.45, 7) is 1.42. The average Bonchev–Trinajstić information content (AvgIpc) is 2.84. The Hall–Kier alpha value is -1.61. The Morgan fingerprint density at radius 1 is 1.37 bits per heavy atom. The van der Waals surface area contributed by atoms with Crippen LogP contribution in [0.4, 0.5) is 0 Å². The van der Waals surface area contributed by atoms with Gasteiger partial charge in [0.2, 0.25) is 0 Å². The molecule has 1 aliphatic rings. The first kappa shape index (κ1) is 13.8. The second-order valence-electron chi connectivity index (χ2n) is 5.00. The number of benzene rings is 1. The molecule has 0 saturated heterocycles. The third-order valence-electron chi connectivity index (χ3n) is 3.55. The summed E-state index contributed by atoms with van der Waals surface area (Å²) in [6, 6.07) is 9.86. The van der Waals surface area contributed by atoms with Gasteiger partial charge in [-0.2, -0.15) is 0 Å². The number of ether oxygens (including phenoxy) is 1. The van der Waals surface area contributed by atoms with Gasteiger partial charge in [-0.3, -0.25) is 4.79 Å². The molecule has 0 aliphatic heterocycles. The minimum atomic E-state index is -0.563. The van der Waals surface area contributed by atoms with Gasteiger partial charge in [0.15, 0.2) is 0 Å². The van der Waals surface area contributed by atoms with Crippen molar-refractivity contribution in [2.75, 3.05) is 0 Å². The molecule has 1 aromatic rings. The van der Waals surface area contributed by atoms with E-state index in [9.17, 15) is 9.90 Å². The van der Waals surface area contributed by atoms with Crippen molar-refractivity contribution in [1.29, 1.82) is 0 Å². The lowest BCUT2D eigenvalue weighted by atomic mass is 9.97. The summed E-state index contributed by atoms with van der Waals surface area (Å²) in [5.74, 6) is -0.250. The van der Waals surface area contributed by atoms with Gasteiger partial charge in [0.05, 0.1) is 6.10 Å². The molecule has 0 aromatic heterocycles. The van der Waals surface area contributed by atoms with Crippen molar-refractivity contribution >= 4 is 12.0 Å². The lowest BCUT2D eigenvalue weighted by Crippen LogP contribution is -2.29. The topological polar surface area (TPSA) is 46.5 Å². The monoisotopic (exact) mass is 260 g/mol. The van der Waals surface area contributed by atoms with E-state index < -0.39 is 6.10 Å². The second kappa shape index (κ2) is 6.53. The number of carbonyl (C=O) groups is 1. The van der Waals surface area contributed by atoms with Gasteiger partial charge in [0.1, 0.15) is 6.10 Å². The van der Waals surface area contributed by atoms with E-state index in [1.54, 1.807) is 6.08 Å². The Morgan fingerprint density at radius 2 is 2.11 bits per heavy atom. The van der Waals surface area contributed by atoms with Crippen LogP contribution in [0.15, 0.2) is 36.4 Å². The van der Waals surface area contributed by atoms with Crippen LogP contribution in [0.5, 0.6) is 0 Å². The number of aliphatic hydroxyl groups excluding tert-OH is 1. The normalized spacial score (nSPS) is 24.5. The Balaban J connectivity index is 1.97. The highest BCUT2D eigenvalue weighted by Gasteiger charge is 2.33. The van der Waals surface area contributed by atoms with Gasteiger partial charge < -0.3 is 9.84 Å². The van der Waals surface area contributed by atoms with Gasteiger partial charge in [0.25, 0.3) is 0 Å². The summed E-state index contributed by atoms with van der Waals surface area (Å²) in [5, 5.41) is 10.2. The third-order valence-corrected chi connectivity index (χ3v) is 3.55. The van der Waals surface area contributed by atoms with Crippen molar-refractivity contribution in [3.05, 3.63) is 42.0 Å². The van der Waals surface area contributed by atoms with Crippen LogP contribution >= 0.6 is 0 Å². The van der Waals surface area contributed by atoms with Gasteiger partial charge >= 0.3 is 5.97 Å². The molecule has 1 aromatic carbocycles. The Bertz CT molecular complexity index is 439. The van der Waals surface area contributed by atoms with Gasteiger partial charge in [0, 0.05) is 12.8 Å². The van der Waals surface area contributed by atoms with Crippen LogP contribution < -0.4 is 0 Å². The van der Waals surface area contributed by atoms with Crippen LogP contribution in [-0.4, -0.2) is 23.3 Å². The molecule has 1 saturated carbocycles. The van der Waals surface area contributed by atoms with Crippen LogP contribution in [0.1, 0.15) is 31.7 Å². The molecular weight excluding hydrogens is 240 g/mol. The molecule has 0 radical (unpaired) electrons. The van der Waals surface area contributed by atoms with E-state index in [2.05, 4.69) is 0 Å². The SMILES string of the molecule is CC(=O)O[C@@H]1CCC[C@H]1[C@H](O)/C=C/c1ccccc1. The molecule has 0 heterocycles. The van der Waals surface area contributed by atoms with Gasteiger partial charge in [-0.1, -0.05) is 42.5 Å². The van der Waals surface area contributed by atoms with Crippen molar-refractivity contribution in [2.24, 2.45) is 5.92 Å². The molecule has 1 N–H and O–H groups in total. The van der Waals surface area contributed by atoms with E-state index in [0.717, 1.165) is 24.8 Å². The molecule has 3 atom stereocenters. The predicted molar refractivity (Wildman–Crippen MR) is 74.4 cm³/mol. The van der Waals surface area contributed by atoms with E-state index in [0.29, 0.717) is 0 Å². The van der Waals surface area contributed by atoms with Crippen molar-refractivity contribution < 1.29 is 14.6 Å². The number of hydrogen-bond donors (Lipinski definition) is 1. The summed E-state index contributed by atoms with van der Waals surface area (Å²) in [6.07, 6.45) is 5.74. The van der Waals surface area contributed by atoms with Crippen LogP contribution in [0.3, 0.4) is 0 Å². The summed E-state index contributed by atoms with van der Waals surface area (Å²) in [5.41, 5.74) is 1.06. The third kappa shape index (κ3) is 3.93. The van der Waals surface area contributed by atoms with Crippen molar-refractivity contribution in [1.82, 2.24) is 0 Å². The molecule has 102 valence electrons. The molecule has 0 bridgehead atoms. The fourth-order valence-corrected chi connectivity index (χ4v) is 2.62. The molecule has 19 heavy (non-hydrogen) atoms. The molecule has 2 rings (SSSR count). The highest BCUT2D eigenvalue weighted by Crippen LogP contribution is 2.31. The number of hydrogen-bond acceptors (Lipinski definition) is 3. The molecular formula is C16H20O3. The summed E-state index contributed by atoms with van der Waals surface area (Å²) >= 11 is 0. The quantitative estimate of drug-likeness (QED) is 0.847. The maximum atomic E-state index is 11.0. The molecule has 3 nitrogen and oxygen atoms in total. The summed E-state index contributed by atoms with van der Waals surface area (Å²) in [4.78, 5) is 11.0. The second-order valence-corrected chi connectivity index (χ2v) is 5.00. The highest BCUT2D eigenvalue weighted by molar-refractivity contribution is 5.66. The zero-order valence-corrected chi connectivity index (χ0v) is 11.2. The van der Waals surface area contributed by atoms with Gasteiger partial charge in [-0.15, -0.1) is 0 Å². The standard InChI is InChI=1S/C16H20O3/c1-12(17)19-16-9-5-8-14(16)15(18)11-10-13-6-3-2-4-7-13/h2-4,6-7,10-11,14-16,18H,5,8-9H2,1H3/b11-10+/t14-,15+,16+/m0/s1. The van der Waals surface area contributed by atoms with Crippen LogP contribution in [-0.2, 0) is 9.53 Å². The molecule has 0 spiro atoms. The lowest BCUT2D eigenvalue weighted by molar-refractivity contribution is -0.149. The van der Waals surface area contributed by atoms with E-state index in [1.165, 1.54) is 6.92 Å². The minimum Gasteiger partial charge on any atom is -0.462 e. The first-order valence-electron chi connectivity index (χ1n) is 6.75. The lowest BCUT2D eigenvalue weighted by Gasteiger charge is -2.22. The zero-order chi connectivity index (χ0) is 13.7. The number of aliphatic hydroxyl groups is 1. The fourth-order valence-electron chi connectivity index (χ4n) is 2.62. The zero-order valence-electron chi connectivity index (χ0n) is 11.2. The predicted octanol–water partition coefficient (Wildman–Crippen LogP) is 2.79. The fraction of sp³-hybridized carbons (Fsp3) is 0.438. The number of rotatable bonds is 4. The van der Waals surface area contributed by atoms with Crippen molar-refractivity contribution in [3.63, 3.8) is 0 Å². The summed E-state index contributed by atoms with van der Waals surface area (Å²) < 4.78 is 5.26. The minimum absolute atomic E-state index is 0.0175. The maximum Gasteiger partial charge on any atom is 0.302 e. The van der Waals surface area contributed by atoms with Gasteiger partial charge in [-0.05, 0) is 24.8 Å². The van der Waals surface area contributed by atoms with E-state index in [1.807, 2.05) is 36.4 Å². The maximum absolute atomic E-state index is 11.0.